The average molecular weight is 217 g/mol. The van der Waals surface area contributed by atoms with Gasteiger partial charge in [0, 0.05) is 12.4 Å². The Morgan fingerprint density at radius 1 is 1.12 bits per heavy atom. The molecule has 5 heteroatoms. The molecular weight excluding hydrogens is 205 g/mol. The molecule has 0 aromatic heterocycles. The number of benzene rings is 2. The van der Waals surface area contributed by atoms with E-state index in [1.165, 1.54) is 0 Å². The van der Waals surface area contributed by atoms with Crippen molar-refractivity contribution < 1.29 is 14.4 Å². The Labute approximate surface area is 93.9 Å². The summed E-state index contributed by atoms with van der Waals surface area (Å²) in [7, 11) is 0.228. The van der Waals surface area contributed by atoms with E-state index in [9.17, 15) is 5.02 Å². The number of hydrogen-bond donors (Lipinski definition) is 2. The summed E-state index contributed by atoms with van der Waals surface area (Å²) in [5.74, 6) is 0.584. The molecule has 82 valence electrons. The minimum Gasteiger partial charge on any atom is -0.511 e. The van der Waals surface area contributed by atoms with E-state index in [1.807, 2.05) is 36.4 Å². The van der Waals surface area contributed by atoms with Gasteiger partial charge < -0.3 is 9.68 Å². The highest BCUT2D eigenvalue weighted by molar-refractivity contribution is 6.35. The third-order valence-corrected chi connectivity index (χ3v) is 2.20. The van der Waals surface area contributed by atoms with E-state index in [0.717, 1.165) is 10.8 Å². The first-order valence-electron chi connectivity index (χ1n) is 4.96. The van der Waals surface area contributed by atoms with Gasteiger partial charge in [0.15, 0.2) is 0 Å². The summed E-state index contributed by atoms with van der Waals surface area (Å²) in [5, 5.41) is 11.3. The van der Waals surface area contributed by atoms with Crippen molar-refractivity contribution in [2.45, 2.75) is 0 Å². The van der Waals surface area contributed by atoms with Gasteiger partial charge in [-0.3, -0.25) is 4.76 Å². The zero-order valence-corrected chi connectivity index (χ0v) is 8.88. The van der Waals surface area contributed by atoms with Crippen LogP contribution in [-0.4, -0.2) is 19.4 Å². The number of hydroxylamine groups is 1. The standard InChI is InChI=1S/C11H12BNO3/c1-13-16-12(14)15-11-8-4-6-9-5-2-3-7-10(9)11/h2-8,13-14H,1H3. The summed E-state index contributed by atoms with van der Waals surface area (Å²) in [6.07, 6.45) is 0. The molecule has 2 rings (SSSR count). The Morgan fingerprint density at radius 3 is 2.69 bits per heavy atom. The van der Waals surface area contributed by atoms with Crippen molar-refractivity contribution in [3.63, 3.8) is 0 Å². The van der Waals surface area contributed by atoms with Crippen LogP contribution in [0.25, 0.3) is 10.8 Å². The normalized spacial score (nSPS) is 10.4. The molecule has 0 unspecified atom stereocenters. The monoisotopic (exact) mass is 217 g/mol. The zero-order chi connectivity index (χ0) is 11.4. The van der Waals surface area contributed by atoms with Gasteiger partial charge >= 0.3 is 7.32 Å². The predicted molar refractivity (Wildman–Crippen MR) is 62.7 cm³/mol. The van der Waals surface area contributed by atoms with Gasteiger partial charge in [-0.05, 0) is 11.5 Å². The Bertz CT molecular complexity index is 472. The first-order valence-corrected chi connectivity index (χ1v) is 4.96. The van der Waals surface area contributed by atoms with Crippen LogP contribution < -0.4 is 10.1 Å². The third-order valence-electron chi connectivity index (χ3n) is 2.20. The summed E-state index contributed by atoms with van der Waals surface area (Å²) in [5.41, 5.74) is 2.36. The second-order valence-electron chi connectivity index (χ2n) is 3.22. The van der Waals surface area contributed by atoms with Crippen molar-refractivity contribution in [2.75, 3.05) is 7.05 Å². The molecule has 0 heterocycles. The van der Waals surface area contributed by atoms with E-state index >= 15 is 0 Å². The molecule has 4 nitrogen and oxygen atoms in total. The SMILES string of the molecule is CNOB(O)Oc1cccc2ccccc12. The third kappa shape index (κ3) is 2.33. The lowest BCUT2D eigenvalue weighted by Crippen LogP contribution is -2.31. The molecule has 0 aliphatic carbocycles. The molecule has 2 N–H and O–H groups in total. The molecule has 0 fully saturated rings. The number of fused-ring (bicyclic) bond motifs is 1. The number of rotatable bonds is 4. The van der Waals surface area contributed by atoms with E-state index < -0.39 is 7.32 Å². The van der Waals surface area contributed by atoms with Crippen LogP contribution in [0.15, 0.2) is 42.5 Å². The fourth-order valence-corrected chi connectivity index (χ4v) is 1.53. The molecular formula is C11H12BNO3. The smallest absolute Gasteiger partial charge is 0.511 e. The summed E-state index contributed by atoms with van der Waals surface area (Å²) in [6, 6.07) is 13.4. The molecule has 2 aromatic carbocycles. The quantitative estimate of drug-likeness (QED) is 0.599. The Hall–Kier alpha value is -1.56. The van der Waals surface area contributed by atoms with Crippen molar-refractivity contribution >= 4 is 18.1 Å². The van der Waals surface area contributed by atoms with Crippen LogP contribution in [-0.2, 0) is 4.76 Å². The van der Waals surface area contributed by atoms with Gasteiger partial charge in [0.25, 0.3) is 0 Å². The van der Waals surface area contributed by atoms with Crippen LogP contribution in [0.2, 0.25) is 0 Å². The lowest BCUT2D eigenvalue weighted by atomic mass is 10.1. The summed E-state index contributed by atoms with van der Waals surface area (Å²) in [4.78, 5) is 0. The lowest BCUT2D eigenvalue weighted by Gasteiger charge is -2.10. The van der Waals surface area contributed by atoms with Gasteiger partial charge in [-0.1, -0.05) is 36.4 Å². The first kappa shape index (κ1) is 10.9. The van der Waals surface area contributed by atoms with E-state index in [-0.39, 0.29) is 0 Å². The maximum absolute atomic E-state index is 9.36. The molecule has 0 aliphatic rings. The minimum absolute atomic E-state index is 0.584. The van der Waals surface area contributed by atoms with Gasteiger partial charge in [-0.15, -0.1) is 0 Å². The number of hydrogen-bond acceptors (Lipinski definition) is 4. The molecule has 0 bridgehead atoms. The molecule has 16 heavy (non-hydrogen) atoms. The maximum atomic E-state index is 9.36. The van der Waals surface area contributed by atoms with Crippen LogP contribution in [0.4, 0.5) is 0 Å². The largest absolute Gasteiger partial charge is 0.727 e. The topological polar surface area (TPSA) is 50.7 Å². The molecule has 0 saturated carbocycles. The highest BCUT2D eigenvalue weighted by Crippen LogP contribution is 2.25. The van der Waals surface area contributed by atoms with Crippen LogP contribution in [0.5, 0.6) is 5.75 Å². The van der Waals surface area contributed by atoms with E-state index in [4.69, 9.17) is 4.65 Å². The summed E-state index contributed by atoms with van der Waals surface area (Å²) in [6.45, 7) is 0. The second kappa shape index (κ2) is 4.98. The van der Waals surface area contributed by atoms with Gasteiger partial charge in [-0.25, -0.2) is 5.48 Å². The summed E-state index contributed by atoms with van der Waals surface area (Å²) < 4.78 is 9.92. The second-order valence-corrected chi connectivity index (χ2v) is 3.22. The van der Waals surface area contributed by atoms with Gasteiger partial charge in [-0.2, -0.15) is 0 Å². The van der Waals surface area contributed by atoms with Crippen LogP contribution in [0, 0.1) is 0 Å². The molecule has 0 spiro atoms. The Morgan fingerprint density at radius 2 is 1.88 bits per heavy atom. The molecule has 0 atom stereocenters. The molecule has 0 saturated heterocycles. The minimum atomic E-state index is -1.32. The Kier molecular flexibility index (Phi) is 3.41. The van der Waals surface area contributed by atoms with E-state index in [2.05, 4.69) is 10.2 Å². The highest BCUT2D eigenvalue weighted by atomic mass is 16.8. The van der Waals surface area contributed by atoms with Gasteiger partial charge in [0.05, 0.1) is 0 Å². The van der Waals surface area contributed by atoms with Crippen molar-refractivity contribution in [3.8, 4) is 5.75 Å². The lowest BCUT2D eigenvalue weighted by molar-refractivity contribution is 0.132. The van der Waals surface area contributed by atoms with Crippen LogP contribution in [0.3, 0.4) is 0 Å². The van der Waals surface area contributed by atoms with Crippen molar-refractivity contribution in [1.29, 1.82) is 0 Å². The van der Waals surface area contributed by atoms with Crippen LogP contribution >= 0.6 is 0 Å². The fourth-order valence-electron chi connectivity index (χ4n) is 1.53. The van der Waals surface area contributed by atoms with Crippen molar-refractivity contribution in [3.05, 3.63) is 42.5 Å². The van der Waals surface area contributed by atoms with Crippen molar-refractivity contribution in [2.24, 2.45) is 0 Å². The molecule has 2 aromatic rings. The van der Waals surface area contributed by atoms with Gasteiger partial charge in [0.2, 0.25) is 0 Å². The molecule has 0 radical (unpaired) electrons. The first-order chi connectivity index (χ1) is 7.81. The number of nitrogens with one attached hydrogen (secondary N) is 1. The van der Waals surface area contributed by atoms with Crippen molar-refractivity contribution in [1.82, 2.24) is 5.48 Å². The Balaban J connectivity index is 2.30. The maximum Gasteiger partial charge on any atom is 0.727 e. The molecule has 0 amide bonds. The van der Waals surface area contributed by atoms with E-state index in [0.29, 0.717) is 5.75 Å². The average Bonchev–Trinajstić information content (AvgIpc) is 2.30. The van der Waals surface area contributed by atoms with E-state index in [1.54, 1.807) is 13.1 Å². The highest BCUT2D eigenvalue weighted by Gasteiger charge is 2.18. The zero-order valence-electron chi connectivity index (χ0n) is 8.88. The summed E-state index contributed by atoms with van der Waals surface area (Å²) >= 11 is 0. The van der Waals surface area contributed by atoms with Crippen LogP contribution in [0.1, 0.15) is 0 Å². The molecule has 0 aliphatic heterocycles. The fraction of sp³-hybridized carbons (Fsp3) is 0.0909. The predicted octanol–water partition coefficient (Wildman–Crippen LogP) is 1.35. The van der Waals surface area contributed by atoms with Gasteiger partial charge in [0.1, 0.15) is 5.75 Å².